The van der Waals surface area contributed by atoms with Gasteiger partial charge in [0.05, 0.1) is 39.9 Å². The number of nitrogens with one attached hydrogen (secondary N) is 1. The minimum absolute atomic E-state index is 0.0631. The highest BCUT2D eigenvalue weighted by atomic mass is 31.2. The SMILES string of the molecule is CCCC/C=C/C(O)C(COP(=O)(O)OCC[N+](C)(C)C)NC(=O)CCCCCCCCCCCCCCCCCCCCCCCCCCCCCCCCCCCCCCCCCCC. The molecule has 8 nitrogen and oxygen atoms in total. The maximum atomic E-state index is 12.8. The lowest BCUT2D eigenvalue weighted by molar-refractivity contribution is -0.870. The third kappa shape index (κ3) is 52.9. The number of likely N-dealkylation sites (N-methyl/N-ethyl adjacent to an activating group) is 1. The zero-order chi connectivity index (χ0) is 49.2. The first-order valence-electron chi connectivity index (χ1n) is 29.6. The molecule has 0 saturated carbocycles. The third-order valence-corrected chi connectivity index (χ3v) is 14.7. The number of unbranched alkanes of at least 4 members (excludes halogenated alkanes) is 42. The second-order valence-electron chi connectivity index (χ2n) is 21.7. The molecule has 0 aromatic heterocycles. The van der Waals surface area contributed by atoms with Gasteiger partial charge in [0, 0.05) is 6.42 Å². The molecule has 0 aliphatic rings. The van der Waals surface area contributed by atoms with Gasteiger partial charge in [-0.1, -0.05) is 296 Å². The summed E-state index contributed by atoms with van der Waals surface area (Å²) in [5, 5.41) is 13.6. The Kier molecular flexibility index (Phi) is 49.6. The lowest BCUT2D eigenvalue weighted by Crippen LogP contribution is -2.45. The Hall–Kier alpha value is -0.760. The van der Waals surface area contributed by atoms with Crippen LogP contribution in [-0.2, 0) is 18.4 Å². The molecule has 0 saturated heterocycles. The molecule has 0 aromatic rings. The van der Waals surface area contributed by atoms with Crippen molar-refractivity contribution in [1.29, 1.82) is 0 Å². The molecule has 3 N–H and O–H groups in total. The molecule has 3 atom stereocenters. The van der Waals surface area contributed by atoms with Crippen LogP contribution in [0.2, 0.25) is 0 Å². The van der Waals surface area contributed by atoms with E-state index in [1.54, 1.807) is 6.08 Å². The number of carbonyl (C=O) groups excluding carboxylic acids is 1. The number of aliphatic hydroxyl groups is 1. The Labute approximate surface area is 418 Å². The van der Waals surface area contributed by atoms with E-state index in [1.807, 2.05) is 27.2 Å². The van der Waals surface area contributed by atoms with Gasteiger partial charge in [-0.05, 0) is 12.8 Å². The van der Waals surface area contributed by atoms with Crippen molar-refractivity contribution in [1.82, 2.24) is 5.32 Å². The number of amides is 1. The first-order valence-corrected chi connectivity index (χ1v) is 31.1. The molecule has 0 rings (SSSR count). The van der Waals surface area contributed by atoms with E-state index in [9.17, 15) is 19.4 Å². The number of phosphoric acid groups is 1. The van der Waals surface area contributed by atoms with Crippen LogP contribution in [0.3, 0.4) is 0 Å². The predicted molar refractivity (Wildman–Crippen MR) is 291 cm³/mol. The first-order chi connectivity index (χ1) is 32.5. The van der Waals surface area contributed by atoms with Crippen molar-refractivity contribution in [3.8, 4) is 0 Å². The van der Waals surface area contributed by atoms with Crippen molar-refractivity contribution in [3.63, 3.8) is 0 Å². The van der Waals surface area contributed by atoms with Gasteiger partial charge in [0.1, 0.15) is 13.2 Å². The van der Waals surface area contributed by atoms with Gasteiger partial charge in [-0.3, -0.25) is 13.8 Å². The Bertz CT molecular complexity index is 1100. The highest BCUT2D eigenvalue weighted by Gasteiger charge is 2.27. The van der Waals surface area contributed by atoms with Crippen LogP contribution >= 0.6 is 7.82 Å². The van der Waals surface area contributed by atoms with Crippen LogP contribution in [0.4, 0.5) is 0 Å². The minimum atomic E-state index is -4.32. The van der Waals surface area contributed by atoms with Crippen molar-refractivity contribution >= 4 is 13.7 Å². The van der Waals surface area contributed by atoms with Crippen molar-refractivity contribution in [2.24, 2.45) is 0 Å². The lowest BCUT2D eigenvalue weighted by Gasteiger charge is -2.25. The first kappa shape index (κ1) is 66.2. The fraction of sp³-hybridized carbons (Fsp3) is 0.948. The van der Waals surface area contributed by atoms with Gasteiger partial charge in [0.25, 0.3) is 0 Å². The number of rotatable bonds is 55. The third-order valence-electron chi connectivity index (χ3n) is 13.8. The van der Waals surface area contributed by atoms with Crippen LogP contribution in [0.25, 0.3) is 0 Å². The molecule has 1 amide bonds. The number of aliphatic hydroxyl groups excluding tert-OH is 1. The van der Waals surface area contributed by atoms with Gasteiger partial charge in [-0.25, -0.2) is 4.57 Å². The number of hydrogen-bond acceptors (Lipinski definition) is 5. The van der Waals surface area contributed by atoms with E-state index in [0.717, 1.165) is 38.5 Å². The van der Waals surface area contributed by atoms with Crippen molar-refractivity contribution < 1.29 is 32.9 Å². The minimum Gasteiger partial charge on any atom is -0.387 e. The fourth-order valence-corrected chi connectivity index (χ4v) is 9.83. The number of carbonyl (C=O) groups is 1. The topological polar surface area (TPSA) is 105 Å². The molecule has 0 heterocycles. The van der Waals surface area contributed by atoms with Crippen LogP contribution in [0.1, 0.15) is 303 Å². The maximum Gasteiger partial charge on any atom is 0.472 e. The molecule has 0 aliphatic heterocycles. The Balaban J connectivity index is 3.56. The van der Waals surface area contributed by atoms with E-state index in [-0.39, 0.29) is 19.1 Å². The molecule has 9 heteroatoms. The van der Waals surface area contributed by atoms with Gasteiger partial charge < -0.3 is 19.8 Å². The number of phosphoric ester groups is 1. The van der Waals surface area contributed by atoms with Crippen molar-refractivity contribution in [3.05, 3.63) is 12.2 Å². The quantitative estimate of drug-likeness (QED) is 0.0243. The van der Waals surface area contributed by atoms with Gasteiger partial charge in [-0.2, -0.15) is 0 Å². The summed E-state index contributed by atoms with van der Waals surface area (Å²) in [6, 6.07) is -0.838. The summed E-state index contributed by atoms with van der Waals surface area (Å²) in [6.45, 7) is 4.69. The largest absolute Gasteiger partial charge is 0.472 e. The summed E-state index contributed by atoms with van der Waals surface area (Å²) in [5.41, 5.74) is 0. The predicted octanol–water partition coefficient (Wildman–Crippen LogP) is 17.8. The lowest BCUT2D eigenvalue weighted by atomic mass is 10.0. The van der Waals surface area contributed by atoms with Crippen LogP contribution < -0.4 is 5.32 Å². The monoisotopic (exact) mass is 970 g/mol. The molecule has 3 unspecified atom stereocenters. The van der Waals surface area contributed by atoms with Gasteiger partial charge in [-0.15, -0.1) is 0 Å². The number of nitrogens with zero attached hydrogens (tertiary/aromatic N) is 1. The van der Waals surface area contributed by atoms with E-state index >= 15 is 0 Å². The van der Waals surface area contributed by atoms with E-state index in [1.165, 1.54) is 244 Å². The molecule has 0 aromatic carbocycles. The Morgan fingerprint density at radius 3 is 1.09 bits per heavy atom. The van der Waals surface area contributed by atoms with E-state index < -0.39 is 20.0 Å². The van der Waals surface area contributed by atoms with E-state index in [2.05, 4.69) is 19.2 Å². The van der Waals surface area contributed by atoms with Crippen LogP contribution in [0.5, 0.6) is 0 Å². The van der Waals surface area contributed by atoms with Crippen LogP contribution in [-0.4, -0.2) is 73.4 Å². The van der Waals surface area contributed by atoms with Crippen molar-refractivity contribution in [2.75, 3.05) is 40.9 Å². The van der Waals surface area contributed by atoms with E-state index in [4.69, 9.17) is 9.05 Å². The maximum absolute atomic E-state index is 12.8. The highest BCUT2D eigenvalue weighted by molar-refractivity contribution is 7.47. The van der Waals surface area contributed by atoms with Gasteiger partial charge in [0.2, 0.25) is 5.91 Å². The zero-order valence-corrected chi connectivity index (χ0v) is 46.6. The summed E-state index contributed by atoms with van der Waals surface area (Å²) in [6.07, 6.45) is 63.0. The molecule has 400 valence electrons. The zero-order valence-electron chi connectivity index (χ0n) is 45.7. The average Bonchev–Trinajstić information content (AvgIpc) is 3.29. The molecule has 67 heavy (non-hydrogen) atoms. The average molecular weight is 971 g/mol. The summed E-state index contributed by atoms with van der Waals surface area (Å²) in [4.78, 5) is 22.9. The summed E-state index contributed by atoms with van der Waals surface area (Å²) in [7, 11) is 1.58. The summed E-state index contributed by atoms with van der Waals surface area (Å²) in [5.74, 6) is -0.180. The molecular formula is C58H118N2O6P+. The number of hydrogen-bond donors (Lipinski definition) is 3. The second-order valence-corrected chi connectivity index (χ2v) is 23.2. The fourth-order valence-electron chi connectivity index (χ4n) is 9.09. The van der Waals surface area contributed by atoms with Gasteiger partial charge in [0.15, 0.2) is 0 Å². The second kappa shape index (κ2) is 50.2. The summed E-state index contributed by atoms with van der Waals surface area (Å²) < 4.78 is 23.4. The summed E-state index contributed by atoms with van der Waals surface area (Å²) >= 11 is 0. The molecule has 0 bridgehead atoms. The number of allylic oxidation sites excluding steroid dienone is 1. The van der Waals surface area contributed by atoms with Gasteiger partial charge >= 0.3 is 7.82 Å². The number of quaternary nitrogens is 1. The Morgan fingerprint density at radius 1 is 0.493 bits per heavy atom. The molecular weight excluding hydrogens is 852 g/mol. The molecule has 0 radical (unpaired) electrons. The van der Waals surface area contributed by atoms with E-state index in [0.29, 0.717) is 17.4 Å². The molecule has 0 spiro atoms. The van der Waals surface area contributed by atoms with Crippen LogP contribution in [0, 0.1) is 0 Å². The Morgan fingerprint density at radius 2 is 0.791 bits per heavy atom. The standard InChI is InChI=1S/C58H117N2O6P/c1-6-8-10-12-13-14-15-16-17-18-19-20-21-22-23-24-25-26-27-28-29-30-31-32-33-34-35-36-37-38-39-40-41-42-43-44-45-46-47-48-50-52-58(62)59-56(57(61)51-49-11-9-7-2)55-66-67(63,64)65-54-53-60(3,4)5/h49,51,56-57,61H,6-48,50,52-55H2,1-5H3,(H-,59,62,63,64)/p+1/b51-49+. The van der Waals surface area contributed by atoms with Crippen molar-refractivity contribution in [2.45, 2.75) is 315 Å². The normalized spacial score (nSPS) is 14.0. The molecule has 0 aliphatic carbocycles. The van der Waals surface area contributed by atoms with Crippen LogP contribution in [0.15, 0.2) is 12.2 Å². The smallest absolute Gasteiger partial charge is 0.387 e. The highest BCUT2D eigenvalue weighted by Crippen LogP contribution is 2.43. The molecule has 0 fully saturated rings.